The maximum atomic E-state index is 11.3. The standard InChI is InChI=1S/C22H46N2O4/c1-4-7-8-9-10-11-12-13-14-15-16-23-18(19(25)5-2)17-24-21(22(27)28)20(26)6-3/h18-21,23-26H,4-17H2,1-3H3,(H,27,28). The van der Waals surface area contributed by atoms with Crippen LogP contribution >= 0.6 is 0 Å². The van der Waals surface area contributed by atoms with Crippen LogP contribution in [0.4, 0.5) is 0 Å². The number of aliphatic carboxylic acids is 1. The molecule has 0 radical (unpaired) electrons. The van der Waals surface area contributed by atoms with Gasteiger partial charge in [-0.2, -0.15) is 0 Å². The summed E-state index contributed by atoms with van der Waals surface area (Å²) in [5.41, 5.74) is 0. The largest absolute Gasteiger partial charge is 0.480 e. The molecule has 4 unspecified atom stereocenters. The number of nitrogens with one attached hydrogen (secondary N) is 2. The van der Waals surface area contributed by atoms with Gasteiger partial charge in [-0.25, -0.2) is 0 Å². The lowest BCUT2D eigenvalue weighted by Crippen LogP contribution is -2.53. The summed E-state index contributed by atoms with van der Waals surface area (Å²) in [5, 5.41) is 35.6. The first kappa shape index (κ1) is 27.3. The van der Waals surface area contributed by atoms with Crippen molar-refractivity contribution in [1.29, 1.82) is 0 Å². The van der Waals surface area contributed by atoms with Crippen LogP contribution in [0.25, 0.3) is 0 Å². The number of hydrogen-bond acceptors (Lipinski definition) is 5. The van der Waals surface area contributed by atoms with Crippen LogP contribution in [-0.2, 0) is 4.79 Å². The molecule has 0 aromatic rings. The summed E-state index contributed by atoms with van der Waals surface area (Å²) >= 11 is 0. The number of carboxylic acid groups (broad SMARTS) is 1. The first-order chi connectivity index (χ1) is 13.5. The van der Waals surface area contributed by atoms with Gasteiger partial charge in [0.2, 0.25) is 0 Å². The van der Waals surface area contributed by atoms with Crippen LogP contribution in [0, 0.1) is 0 Å². The predicted octanol–water partition coefficient (Wildman–Crippen LogP) is 3.45. The van der Waals surface area contributed by atoms with E-state index in [1.54, 1.807) is 6.92 Å². The molecule has 0 aromatic carbocycles. The first-order valence-electron chi connectivity index (χ1n) is 11.5. The summed E-state index contributed by atoms with van der Waals surface area (Å²) < 4.78 is 0. The Bertz CT molecular complexity index is 368. The average molecular weight is 403 g/mol. The number of rotatable bonds is 20. The highest BCUT2D eigenvalue weighted by Gasteiger charge is 2.27. The topological polar surface area (TPSA) is 102 Å². The fourth-order valence-corrected chi connectivity index (χ4v) is 3.41. The van der Waals surface area contributed by atoms with E-state index in [1.165, 1.54) is 57.8 Å². The maximum Gasteiger partial charge on any atom is 0.323 e. The quantitative estimate of drug-likeness (QED) is 0.200. The molecule has 0 aromatic heterocycles. The molecule has 0 spiro atoms. The van der Waals surface area contributed by atoms with Crippen molar-refractivity contribution in [1.82, 2.24) is 10.6 Å². The highest BCUT2D eigenvalue weighted by atomic mass is 16.4. The van der Waals surface area contributed by atoms with Crippen molar-refractivity contribution in [2.24, 2.45) is 0 Å². The van der Waals surface area contributed by atoms with Gasteiger partial charge in [-0.3, -0.25) is 4.79 Å². The predicted molar refractivity (Wildman–Crippen MR) is 116 cm³/mol. The lowest BCUT2D eigenvalue weighted by molar-refractivity contribution is -0.142. The normalized spacial score (nSPS) is 15.9. The average Bonchev–Trinajstić information content (AvgIpc) is 2.69. The molecule has 0 saturated carbocycles. The number of carboxylic acids is 1. The number of aliphatic hydroxyl groups excluding tert-OH is 2. The fraction of sp³-hybridized carbons (Fsp3) is 0.955. The van der Waals surface area contributed by atoms with E-state index in [9.17, 15) is 20.1 Å². The molecule has 0 amide bonds. The van der Waals surface area contributed by atoms with Crippen LogP contribution in [0.2, 0.25) is 0 Å². The summed E-state index contributed by atoms with van der Waals surface area (Å²) in [6.07, 6.45) is 12.4. The molecule has 0 aliphatic heterocycles. The molecule has 0 rings (SSSR count). The zero-order valence-corrected chi connectivity index (χ0v) is 18.5. The van der Waals surface area contributed by atoms with Gasteiger partial charge in [0.1, 0.15) is 6.04 Å². The minimum Gasteiger partial charge on any atom is -0.480 e. The highest BCUT2D eigenvalue weighted by Crippen LogP contribution is 2.10. The Morgan fingerprint density at radius 1 is 0.750 bits per heavy atom. The highest BCUT2D eigenvalue weighted by molar-refractivity contribution is 5.74. The smallest absolute Gasteiger partial charge is 0.323 e. The third-order valence-corrected chi connectivity index (χ3v) is 5.45. The molecule has 28 heavy (non-hydrogen) atoms. The van der Waals surface area contributed by atoms with E-state index in [4.69, 9.17) is 0 Å². The lowest BCUT2D eigenvalue weighted by Gasteiger charge is -2.27. The molecule has 6 nitrogen and oxygen atoms in total. The summed E-state index contributed by atoms with van der Waals surface area (Å²) in [6.45, 7) is 7.04. The number of aliphatic hydroxyl groups is 2. The molecule has 0 aliphatic carbocycles. The van der Waals surface area contributed by atoms with Gasteiger partial charge in [-0.15, -0.1) is 0 Å². The fourth-order valence-electron chi connectivity index (χ4n) is 3.41. The zero-order chi connectivity index (χ0) is 21.2. The molecular weight excluding hydrogens is 356 g/mol. The Labute approximate surface area is 172 Å². The Hall–Kier alpha value is -0.690. The molecule has 6 heteroatoms. The molecule has 168 valence electrons. The van der Waals surface area contributed by atoms with Crippen molar-refractivity contribution in [2.75, 3.05) is 13.1 Å². The number of carbonyl (C=O) groups is 1. The molecule has 0 fully saturated rings. The second-order valence-electron chi connectivity index (χ2n) is 7.92. The van der Waals surface area contributed by atoms with E-state index in [0.29, 0.717) is 19.4 Å². The molecule has 0 saturated heterocycles. The molecule has 0 aliphatic rings. The second kappa shape index (κ2) is 18.3. The third kappa shape index (κ3) is 13.5. The van der Waals surface area contributed by atoms with Gasteiger partial charge >= 0.3 is 5.97 Å². The lowest BCUT2D eigenvalue weighted by atomic mass is 10.0. The van der Waals surface area contributed by atoms with Crippen molar-refractivity contribution in [3.63, 3.8) is 0 Å². The van der Waals surface area contributed by atoms with Gasteiger partial charge in [-0.1, -0.05) is 78.6 Å². The van der Waals surface area contributed by atoms with E-state index in [2.05, 4.69) is 17.6 Å². The minimum atomic E-state index is -1.06. The van der Waals surface area contributed by atoms with Crippen molar-refractivity contribution < 1.29 is 20.1 Å². The van der Waals surface area contributed by atoms with Gasteiger partial charge in [0.05, 0.1) is 12.2 Å². The Balaban J connectivity index is 4.00. The first-order valence-corrected chi connectivity index (χ1v) is 11.5. The molecule has 0 bridgehead atoms. The second-order valence-corrected chi connectivity index (χ2v) is 7.92. The molecule has 4 atom stereocenters. The van der Waals surface area contributed by atoms with Crippen LogP contribution in [0.1, 0.15) is 97.8 Å². The van der Waals surface area contributed by atoms with Crippen LogP contribution in [0.3, 0.4) is 0 Å². The Morgan fingerprint density at radius 2 is 1.25 bits per heavy atom. The van der Waals surface area contributed by atoms with Gasteiger partial charge in [0.25, 0.3) is 0 Å². The summed E-state index contributed by atoms with van der Waals surface area (Å²) in [6, 6.07) is -1.22. The third-order valence-electron chi connectivity index (χ3n) is 5.45. The van der Waals surface area contributed by atoms with Crippen LogP contribution in [0.5, 0.6) is 0 Å². The Kier molecular flexibility index (Phi) is 17.9. The zero-order valence-electron chi connectivity index (χ0n) is 18.5. The molecule has 5 N–H and O–H groups in total. The summed E-state index contributed by atoms with van der Waals surface area (Å²) in [5.74, 6) is -1.06. The van der Waals surface area contributed by atoms with Crippen molar-refractivity contribution >= 4 is 5.97 Å². The van der Waals surface area contributed by atoms with E-state index in [0.717, 1.165) is 13.0 Å². The summed E-state index contributed by atoms with van der Waals surface area (Å²) in [4.78, 5) is 11.3. The van der Waals surface area contributed by atoms with E-state index >= 15 is 0 Å². The van der Waals surface area contributed by atoms with Crippen LogP contribution in [0.15, 0.2) is 0 Å². The van der Waals surface area contributed by atoms with Gasteiger partial charge in [-0.05, 0) is 25.8 Å². The van der Waals surface area contributed by atoms with E-state index in [-0.39, 0.29) is 6.04 Å². The van der Waals surface area contributed by atoms with E-state index < -0.39 is 24.2 Å². The van der Waals surface area contributed by atoms with Crippen LogP contribution in [-0.4, -0.2) is 58.7 Å². The molecular formula is C22H46N2O4. The van der Waals surface area contributed by atoms with Gasteiger partial charge < -0.3 is 26.0 Å². The number of hydrogen-bond donors (Lipinski definition) is 5. The minimum absolute atomic E-state index is 0.213. The van der Waals surface area contributed by atoms with Crippen molar-refractivity contribution in [2.45, 2.75) is 122 Å². The van der Waals surface area contributed by atoms with Gasteiger partial charge in [0, 0.05) is 12.6 Å². The SMILES string of the molecule is CCCCCCCCCCCCNC(CNC(C(=O)O)C(O)CC)C(O)CC. The Morgan fingerprint density at radius 3 is 1.71 bits per heavy atom. The molecule has 0 heterocycles. The summed E-state index contributed by atoms with van der Waals surface area (Å²) in [7, 11) is 0. The van der Waals surface area contributed by atoms with E-state index in [1.807, 2.05) is 6.92 Å². The number of unbranched alkanes of at least 4 members (excludes halogenated alkanes) is 9. The monoisotopic (exact) mass is 402 g/mol. The van der Waals surface area contributed by atoms with Gasteiger partial charge in [0.15, 0.2) is 0 Å². The van der Waals surface area contributed by atoms with Crippen molar-refractivity contribution in [3.8, 4) is 0 Å². The van der Waals surface area contributed by atoms with Crippen LogP contribution < -0.4 is 10.6 Å². The van der Waals surface area contributed by atoms with Crippen molar-refractivity contribution in [3.05, 3.63) is 0 Å². The maximum absolute atomic E-state index is 11.3.